The van der Waals surface area contributed by atoms with E-state index in [4.69, 9.17) is 16.3 Å². The summed E-state index contributed by atoms with van der Waals surface area (Å²) in [6.45, 7) is 1.50. The molecule has 2 heterocycles. The zero-order valence-electron chi connectivity index (χ0n) is 16.4. The van der Waals surface area contributed by atoms with Gasteiger partial charge in [0, 0.05) is 47.0 Å². The quantitative estimate of drug-likeness (QED) is 0.672. The highest BCUT2D eigenvalue weighted by Gasteiger charge is 2.23. The van der Waals surface area contributed by atoms with Gasteiger partial charge in [-0.2, -0.15) is 0 Å². The van der Waals surface area contributed by atoms with Crippen molar-refractivity contribution in [3.8, 4) is 5.75 Å². The van der Waals surface area contributed by atoms with Gasteiger partial charge in [0.2, 0.25) is 5.91 Å². The van der Waals surface area contributed by atoms with Crippen LogP contribution in [0.2, 0.25) is 5.02 Å². The van der Waals surface area contributed by atoms with E-state index in [2.05, 4.69) is 10.3 Å². The van der Waals surface area contributed by atoms with Crippen LogP contribution >= 0.6 is 11.6 Å². The minimum Gasteiger partial charge on any atom is -0.496 e. The molecule has 1 N–H and O–H groups in total. The molecular formula is C23H24ClN3O2. The monoisotopic (exact) mass is 409 g/mol. The minimum atomic E-state index is 0.150. The summed E-state index contributed by atoms with van der Waals surface area (Å²) >= 11 is 6.08. The van der Waals surface area contributed by atoms with Crippen molar-refractivity contribution in [2.75, 3.05) is 25.5 Å². The van der Waals surface area contributed by atoms with Crippen LogP contribution in [-0.2, 0) is 11.2 Å². The van der Waals surface area contributed by atoms with Gasteiger partial charge in [-0.1, -0.05) is 29.8 Å². The van der Waals surface area contributed by atoms with Crippen LogP contribution in [0.3, 0.4) is 0 Å². The van der Waals surface area contributed by atoms with Crippen molar-refractivity contribution in [2.45, 2.75) is 25.3 Å². The van der Waals surface area contributed by atoms with Crippen LogP contribution in [0.25, 0.3) is 10.9 Å². The van der Waals surface area contributed by atoms with E-state index in [1.54, 1.807) is 13.3 Å². The van der Waals surface area contributed by atoms with E-state index in [-0.39, 0.29) is 5.91 Å². The highest BCUT2D eigenvalue weighted by molar-refractivity contribution is 6.31. The Labute approximate surface area is 175 Å². The van der Waals surface area contributed by atoms with E-state index in [0.717, 1.165) is 53.8 Å². The van der Waals surface area contributed by atoms with E-state index in [1.807, 2.05) is 53.4 Å². The zero-order chi connectivity index (χ0) is 20.2. The number of aromatic nitrogens is 1. The van der Waals surface area contributed by atoms with Crippen molar-refractivity contribution < 1.29 is 9.53 Å². The first kappa shape index (κ1) is 19.5. The normalized spacial score (nSPS) is 14.8. The second-order valence-corrected chi connectivity index (χ2v) is 7.74. The fourth-order valence-corrected chi connectivity index (χ4v) is 4.03. The highest BCUT2D eigenvalue weighted by atomic mass is 35.5. The molecule has 6 heteroatoms. The molecule has 5 nitrogen and oxygen atoms in total. The lowest BCUT2D eigenvalue weighted by Gasteiger charge is -2.33. The number of nitrogens with zero attached hydrogens (tertiary/aromatic N) is 2. The lowest BCUT2D eigenvalue weighted by atomic mass is 10.0. The summed E-state index contributed by atoms with van der Waals surface area (Å²) in [6.07, 6.45) is 3.99. The number of carbonyl (C=O) groups is 1. The predicted octanol–water partition coefficient (Wildman–Crippen LogP) is 4.54. The first-order valence-corrected chi connectivity index (χ1v) is 10.2. The number of halogens is 1. The van der Waals surface area contributed by atoms with Crippen LogP contribution in [-0.4, -0.2) is 42.0 Å². The van der Waals surface area contributed by atoms with Crippen LogP contribution in [0.1, 0.15) is 18.4 Å². The lowest BCUT2D eigenvalue weighted by molar-refractivity contribution is -0.131. The number of piperidine rings is 1. The average Bonchev–Trinajstić information content (AvgIpc) is 2.74. The minimum absolute atomic E-state index is 0.150. The third-order valence-electron chi connectivity index (χ3n) is 5.45. The number of fused-ring (bicyclic) bond motifs is 1. The molecule has 0 radical (unpaired) electrons. The van der Waals surface area contributed by atoms with Gasteiger partial charge in [-0.25, -0.2) is 0 Å². The summed E-state index contributed by atoms with van der Waals surface area (Å²) in [5, 5.41) is 5.38. The Morgan fingerprint density at radius 2 is 2.00 bits per heavy atom. The van der Waals surface area contributed by atoms with Crippen molar-refractivity contribution in [3.05, 3.63) is 65.3 Å². The molecule has 150 valence electrons. The van der Waals surface area contributed by atoms with Crippen LogP contribution < -0.4 is 10.1 Å². The van der Waals surface area contributed by atoms with E-state index < -0.39 is 0 Å². The second kappa shape index (κ2) is 8.70. The highest BCUT2D eigenvalue weighted by Crippen LogP contribution is 2.27. The maximum atomic E-state index is 12.7. The molecule has 0 unspecified atom stereocenters. The van der Waals surface area contributed by atoms with Gasteiger partial charge < -0.3 is 15.0 Å². The van der Waals surface area contributed by atoms with Crippen LogP contribution in [0.5, 0.6) is 5.75 Å². The maximum Gasteiger partial charge on any atom is 0.227 e. The number of methoxy groups -OCH3 is 1. The van der Waals surface area contributed by atoms with Crippen molar-refractivity contribution in [2.24, 2.45) is 0 Å². The van der Waals surface area contributed by atoms with Gasteiger partial charge in [-0.05, 0) is 43.2 Å². The largest absolute Gasteiger partial charge is 0.496 e. The Kier molecular flexibility index (Phi) is 5.86. The molecule has 4 rings (SSSR count). The summed E-state index contributed by atoms with van der Waals surface area (Å²) < 4.78 is 5.37. The molecule has 3 aromatic rings. The number of benzene rings is 2. The summed E-state index contributed by atoms with van der Waals surface area (Å²) in [5.41, 5.74) is 2.87. The number of hydrogen-bond acceptors (Lipinski definition) is 4. The number of anilines is 1. The molecule has 0 saturated carbocycles. The number of amides is 1. The molecular weight excluding hydrogens is 386 g/mol. The van der Waals surface area contributed by atoms with Gasteiger partial charge in [-0.15, -0.1) is 0 Å². The molecule has 1 saturated heterocycles. The van der Waals surface area contributed by atoms with Gasteiger partial charge in [-0.3, -0.25) is 9.78 Å². The Balaban J connectivity index is 1.37. The van der Waals surface area contributed by atoms with Crippen molar-refractivity contribution >= 4 is 34.1 Å². The topological polar surface area (TPSA) is 54.5 Å². The maximum absolute atomic E-state index is 12.7. The van der Waals surface area contributed by atoms with Gasteiger partial charge in [0.1, 0.15) is 5.75 Å². The number of rotatable bonds is 5. The number of pyridine rings is 1. The number of para-hydroxylation sites is 1. The third kappa shape index (κ3) is 4.46. The second-order valence-electron chi connectivity index (χ2n) is 7.31. The molecule has 1 amide bonds. The number of carbonyl (C=O) groups excluding carboxylic acids is 1. The van der Waals surface area contributed by atoms with Gasteiger partial charge in [0.05, 0.1) is 19.0 Å². The fraction of sp³-hybridized carbons (Fsp3) is 0.304. The Bertz CT molecular complexity index is 1020. The van der Waals surface area contributed by atoms with E-state index >= 15 is 0 Å². The van der Waals surface area contributed by atoms with Crippen LogP contribution in [0.4, 0.5) is 5.69 Å². The first-order valence-electron chi connectivity index (χ1n) is 9.84. The summed E-state index contributed by atoms with van der Waals surface area (Å²) in [4.78, 5) is 19.1. The Hall–Kier alpha value is -2.79. The van der Waals surface area contributed by atoms with Gasteiger partial charge in [0.25, 0.3) is 0 Å². The molecule has 1 fully saturated rings. The molecule has 0 aliphatic carbocycles. The van der Waals surface area contributed by atoms with E-state index in [1.165, 1.54) is 0 Å². The van der Waals surface area contributed by atoms with Crippen molar-refractivity contribution in [1.29, 1.82) is 0 Å². The average molecular weight is 410 g/mol. The standard InChI is InChI=1S/C23H24ClN3O2/c1-29-22-5-3-2-4-16(22)14-23(28)27-12-9-18(10-13-27)26-20-8-11-25-21-15-17(24)6-7-19(20)21/h2-8,11,15,18H,9-10,12-14H2,1H3,(H,25,26). The number of ether oxygens (including phenoxy) is 1. The van der Waals surface area contributed by atoms with E-state index in [9.17, 15) is 4.79 Å². The summed E-state index contributed by atoms with van der Waals surface area (Å²) in [6, 6.07) is 15.8. The predicted molar refractivity (Wildman–Crippen MR) is 117 cm³/mol. The lowest BCUT2D eigenvalue weighted by Crippen LogP contribution is -2.43. The number of hydrogen-bond donors (Lipinski definition) is 1. The molecule has 1 aromatic heterocycles. The SMILES string of the molecule is COc1ccccc1CC(=O)N1CCC(Nc2ccnc3cc(Cl)ccc23)CC1. The Morgan fingerprint density at radius 3 is 2.79 bits per heavy atom. The van der Waals surface area contributed by atoms with Crippen LogP contribution in [0, 0.1) is 0 Å². The molecule has 2 aromatic carbocycles. The van der Waals surface area contributed by atoms with E-state index in [0.29, 0.717) is 17.5 Å². The molecule has 1 aliphatic heterocycles. The van der Waals surface area contributed by atoms with Gasteiger partial charge in [0.15, 0.2) is 0 Å². The number of nitrogens with one attached hydrogen (secondary N) is 1. The number of likely N-dealkylation sites (tertiary alicyclic amines) is 1. The summed E-state index contributed by atoms with van der Waals surface area (Å²) in [7, 11) is 1.64. The molecule has 0 bridgehead atoms. The molecule has 29 heavy (non-hydrogen) atoms. The van der Waals surface area contributed by atoms with Crippen LogP contribution in [0.15, 0.2) is 54.7 Å². The smallest absolute Gasteiger partial charge is 0.227 e. The molecule has 1 aliphatic rings. The molecule has 0 spiro atoms. The third-order valence-corrected chi connectivity index (χ3v) is 5.68. The van der Waals surface area contributed by atoms with Crippen molar-refractivity contribution in [3.63, 3.8) is 0 Å². The fourth-order valence-electron chi connectivity index (χ4n) is 3.86. The van der Waals surface area contributed by atoms with Crippen molar-refractivity contribution in [1.82, 2.24) is 9.88 Å². The first-order chi connectivity index (χ1) is 14.1. The van der Waals surface area contributed by atoms with Gasteiger partial charge >= 0.3 is 0 Å². The summed E-state index contributed by atoms with van der Waals surface area (Å²) in [5.74, 6) is 0.916. The molecule has 0 atom stereocenters. The Morgan fingerprint density at radius 1 is 1.21 bits per heavy atom. The zero-order valence-corrected chi connectivity index (χ0v) is 17.2.